The van der Waals surface area contributed by atoms with Crippen molar-refractivity contribution in [2.75, 3.05) is 4.72 Å². The molecule has 0 saturated heterocycles. The summed E-state index contributed by atoms with van der Waals surface area (Å²) in [5, 5.41) is 0. The first kappa shape index (κ1) is 16.0. The van der Waals surface area contributed by atoms with E-state index in [0.29, 0.717) is 5.75 Å². The fraction of sp³-hybridized carbons (Fsp3) is 0. The number of hydrogen-bond acceptors (Lipinski definition) is 4. The molecule has 0 aliphatic rings. The van der Waals surface area contributed by atoms with Gasteiger partial charge in [0.15, 0.2) is 16.1 Å². The van der Waals surface area contributed by atoms with Crippen LogP contribution in [0.1, 0.15) is 0 Å². The summed E-state index contributed by atoms with van der Waals surface area (Å²) in [4.78, 5) is 0. The Balaban J connectivity index is 0.00000180. The van der Waals surface area contributed by atoms with Crippen LogP contribution in [0.15, 0.2) is 54.6 Å². The number of ether oxygens (including phenoxy) is 1. The molecule has 2 aromatic carbocycles. The van der Waals surface area contributed by atoms with Gasteiger partial charge in [0, 0.05) is 0 Å². The van der Waals surface area contributed by atoms with E-state index in [0.717, 1.165) is 0 Å². The number of anilines is 1. The molecule has 7 heteroatoms. The van der Waals surface area contributed by atoms with Crippen LogP contribution in [-0.4, -0.2) is 13.0 Å². The zero-order chi connectivity index (χ0) is 13.0. The Morgan fingerprint density at radius 1 is 0.947 bits per heavy atom. The van der Waals surface area contributed by atoms with E-state index in [4.69, 9.17) is 4.74 Å². The van der Waals surface area contributed by atoms with E-state index >= 15 is 0 Å². The largest absolute Gasteiger partial charge is 1.00 e. The molecule has 0 heterocycles. The zero-order valence-electron chi connectivity index (χ0n) is 10.2. The van der Waals surface area contributed by atoms with Gasteiger partial charge >= 0.3 is 29.6 Å². The van der Waals surface area contributed by atoms with Crippen LogP contribution in [0.5, 0.6) is 11.5 Å². The summed E-state index contributed by atoms with van der Waals surface area (Å²) in [5.74, 6) is 0.818. The van der Waals surface area contributed by atoms with Gasteiger partial charge in [0.2, 0.25) is 0 Å². The Morgan fingerprint density at radius 3 is 2.16 bits per heavy atom. The minimum absolute atomic E-state index is 0. The summed E-state index contributed by atoms with van der Waals surface area (Å²) in [6, 6.07) is 15.2. The molecule has 2 rings (SSSR count). The summed E-state index contributed by atoms with van der Waals surface area (Å²) >= 11 is 0. The fourth-order valence-electron chi connectivity index (χ4n) is 1.39. The minimum Gasteiger partial charge on any atom is -0.731 e. The third-order valence-corrected chi connectivity index (χ3v) is 2.56. The molecule has 2 aromatic rings. The molecule has 0 aromatic heterocycles. The van der Waals surface area contributed by atoms with E-state index < -0.39 is 10.3 Å². The second-order valence-corrected chi connectivity index (χ2v) is 4.58. The number of hydrogen-bond donors (Lipinski definition) is 1. The van der Waals surface area contributed by atoms with E-state index in [2.05, 4.69) is 0 Å². The molecule has 0 aliphatic carbocycles. The van der Waals surface area contributed by atoms with Crippen molar-refractivity contribution in [1.29, 1.82) is 0 Å². The first-order valence-electron chi connectivity index (χ1n) is 5.10. The molecule has 0 fully saturated rings. The second kappa shape index (κ2) is 6.93. The third kappa shape index (κ3) is 5.22. The van der Waals surface area contributed by atoms with Crippen LogP contribution in [0.3, 0.4) is 0 Å². The first-order valence-corrected chi connectivity index (χ1v) is 6.51. The molecule has 0 aliphatic heterocycles. The standard InChI is InChI=1S/C12H11NO4S.Na/c14-18(15,16)13-11-8-4-5-9-12(11)17-10-6-2-1-3-7-10;/h1-9,13H,(H,14,15,16);/q;+1/p-1. The average molecular weight is 287 g/mol. The summed E-state index contributed by atoms with van der Waals surface area (Å²) in [6.45, 7) is 0. The van der Waals surface area contributed by atoms with Crippen LogP contribution >= 0.6 is 0 Å². The van der Waals surface area contributed by atoms with E-state index in [-0.39, 0.29) is 41.0 Å². The van der Waals surface area contributed by atoms with Crippen LogP contribution in [0.25, 0.3) is 0 Å². The van der Waals surface area contributed by atoms with Crippen molar-refractivity contribution in [3.05, 3.63) is 54.6 Å². The SMILES string of the molecule is O=S(=O)([O-])Nc1ccccc1Oc1ccccc1.[Na+]. The van der Waals surface area contributed by atoms with E-state index in [9.17, 15) is 13.0 Å². The van der Waals surface area contributed by atoms with Crippen molar-refractivity contribution >= 4 is 16.0 Å². The molecule has 0 amide bonds. The fourth-order valence-corrected chi connectivity index (χ4v) is 1.83. The summed E-state index contributed by atoms with van der Waals surface area (Å²) in [7, 11) is -4.57. The molecule has 94 valence electrons. The maximum atomic E-state index is 10.7. The van der Waals surface area contributed by atoms with Crippen LogP contribution in [0.4, 0.5) is 5.69 Å². The van der Waals surface area contributed by atoms with Gasteiger partial charge in [0.05, 0.1) is 5.69 Å². The summed E-state index contributed by atoms with van der Waals surface area (Å²) < 4.78 is 39.4. The Kier molecular flexibility index (Phi) is 5.84. The maximum Gasteiger partial charge on any atom is 1.00 e. The second-order valence-electron chi connectivity index (χ2n) is 3.47. The normalized spacial score (nSPS) is 10.4. The average Bonchev–Trinajstić information content (AvgIpc) is 2.31. The van der Waals surface area contributed by atoms with Crippen LogP contribution in [0.2, 0.25) is 0 Å². The van der Waals surface area contributed by atoms with Gasteiger partial charge in [-0.05, 0) is 24.3 Å². The quantitative estimate of drug-likeness (QED) is 0.599. The predicted octanol–water partition coefficient (Wildman–Crippen LogP) is -0.645. The number of nitrogens with one attached hydrogen (secondary N) is 1. The smallest absolute Gasteiger partial charge is 0.731 e. The molecule has 5 nitrogen and oxygen atoms in total. The molecular formula is C12H10NNaO4S. The van der Waals surface area contributed by atoms with Gasteiger partial charge in [0.25, 0.3) is 0 Å². The maximum absolute atomic E-state index is 10.7. The topological polar surface area (TPSA) is 78.5 Å². The molecule has 0 bridgehead atoms. The van der Waals surface area contributed by atoms with Gasteiger partial charge in [-0.3, -0.25) is 4.72 Å². The number of para-hydroxylation sites is 3. The summed E-state index contributed by atoms with van der Waals surface area (Å²) in [5.41, 5.74) is 0.108. The van der Waals surface area contributed by atoms with Crippen molar-refractivity contribution in [3.63, 3.8) is 0 Å². The van der Waals surface area contributed by atoms with Crippen LogP contribution in [-0.2, 0) is 10.3 Å². The van der Waals surface area contributed by atoms with Crippen molar-refractivity contribution in [2.24, 2.45) is 0 Å². The molecular weight excluding hydrogens is 277 g/mol. The molecule has 0 saturated carbocycles. The Morgan fingerprint density at radius 2 is 1.53 bits per heavy atom. The molecule has 19 heavy (non-hydrogen) atoms. The van der Waals surface area contributed by atoms with E-state index in [1.807, 2.05) is 10.8 Å². The molecule has 0 radical (unpaired) electrons. The first-order chi connectivity index (χ1) is 8.54. The minimum atomic E-state index is -4.57. The van der Waals surface area contributed by atoms with Crippen molar-refractivity contribution in [2.45, 2.75) is 0 Å². The van der Waals surface area contributed by atoms with Gasteiger partial charge in [0.1, 0.15) is 5.75 Å². The van der Waals surface area contributed by atoms with Gasteiger partial charge in [-0.15, -0.1) is 0 Å². The molecule has 0 atom stereocenters. The Hall–Kier alpha value is -1.05. The number of rotatable bonds is 4. The van der Waals surface area contributed by atoms with Gasteiger partial charge in [-0.2, -0.15) is 0 Å². The number of benzene rings is 2. The van der Waals surface area contributed by atoms with E-state index in [1.54, 1.807) is 42.5 Å². The molecule has 0 spiro atoms. The van der Waals surface area contributed by atoms with Crippen molar-refractivity contribution < 1.29 is 47.3 Å². The predicted molar refractivity (Wildman–Crippen MR) is 66.3 cm³/mol. The van der Waals surface area contributed by atoms with Crippen molar-refractivity contribution in [3.8, 4) is 11.5 Å². The third-order valence-electron chi connectivity index (χ3n) is 2.09. The van der Waals surface area contributed by atoms with Gasteiger partial charge in [-0.1, -0.05) is 30.3 Å². The van der Waals surface area contributed by atoms with Crippen LogP contribution in [0, 0.1) is 0 Å². The Bertz CT molecular complexity index is 631. The van der Waals surface area contributed by atoms with Crippen LogP contribution < -0.4 is 39.0 Å². The van der Waals surface area contributed by atoms with E-state index in [1.165, 1.54) is 6.07 Å². The van der Waals surface area contributed by atoms with Crippen molar-refractivity contribution in [1.82, 2.24) is 0 Å². The summed E-state index contributed by atoms with van der Waals surface area (Å²) in [6.07, 6.45) is 0. The Labute approximate surface area is 133 Å². The molecule has 1 N–H and O–H groups in total. The molecule has 0 unspecified atom stereocenters. The van der Waals surface area contributed by atoms with Gasteiger partial charge < -0.3 is 9.29 Å². The monoisotopic (exact) mass is 287 g/mol. The zero-order valence-corrected chi connectivity index (χ0v) is 13.1. The van der Waals surface area contributed by atoms with Gasteiger partial charge in [-0.25, -0.2) is 8.42 Å².